The lowest BCUT2D eigenvalue weighted by molar-refractivity contribution is -0.152. The Bertz CT molecular complexity index is 981. The van der Waals surface area contributed by atoms with E-state index in [1.165, 1.54) is 0 Å². The molecule has 1 saturated heterocycles. The minimum Gasteiger partial charge on any atom is -0.462 e. The maximum Gasteiger partial charge on any atom is 0.408 e. The van der Waals surface area contributed by atoms with E-state index in [-0.39, 0.29) is 6.61 Å². The molecule has 0 bridgehead atoms. The van der Waals surface area contributed by atoms with Crippen LogP contribution in [0.4, 0.5) is 4.79 Å². The summed E-state index contributed by atoms with van der Waals surface area (Å²) in [6.07, 6.45) is -0.268. The molecule has 9 heteroatoms. The van der Waals surface area contributed by atoms with E-state index >= 15 is 0 Å². The first-order valence-electron chi connectivity index (χ1n) is 11.0. The average Bonchev–Trinajstić information content (AvgIpc) is 3.31. The molecule has 3 atom stereocenters. The van der Waals surface area contributed by atoms with Crippen LogP contribution in [0.3, 0.4) is 0 Å². The maximum absolute atomic E-state index is 12.6. The molecule has 0 spiro atoms. The van der Waals surface area contributed by atoms with Crippen molar-refractivity contribution >= 4 is 23.8 Å². The van der Waals surface area contributed by atoms with Gasteiger partial charge < -0.3 is 24.8 Å². The predicted molar refractivity (Wildman–Crippen MR) is 122 cm³/mol. The normalized spacial score (nSPS) is 17.9. The molecule has 34 heavy (non-hydrogen) atoms. The highest BCUT2D eigenvalue weighted by atomic mass is 16.6. The van der Waals surface area contributed by atoms with Crippen molar-refractivity contribution in [1.29, 1.82) is 0 Å². The van der Waals surface area contributed by atoms with Crippen LogP contribution in [0, 0.1) is 5.92 Å². The van der Waals surface area contributed by atoms with Crippen molar-refractivity contribution in [3.63, 3.8) is 0 Å². The molecular formula is C25H28N2O7. The lowest BCUT2D eigenvalue weighted by atomic mass is 10.1. The van der Waals surface area contributed by atoms with Gasteiger partial charge in [-0.25, -0.2) is 9.59 Å². The zero-order valence-electron chi connectivity index (χ0n) is 18.9. The SMILES string of the molecule is C[C@H]1CN[C@@H](C(=O)OC[C@H](NC(=O)OCc2ccccc2)C(=O)OCC(=O)c2ccccc2)C1. The van der Waals surface area contributed by atoms with Crippen LogP contribution in [-0.2, 0) is 30.4 Å². The van der Waals surface area contributed by atoms with Crippen molar-refractivity contribution in [2.45, 2.75) is 32.0 Å². The number of nitrogens with one attached hydrogen (secondary N) is 2. The number of rotatable bonds is 10. The van der Waals surface area contributed by atoms with Crippen LogP contribution < -0.4 is 10.6 Å². The predicted octanol–water partition coefficient (Wildman–Crippen LogP) is 2.25. The van der Waals surface area contributed by atoms with Gasteiger partial charge in [-0.2, -0.15) is 0 Å². The second-order valence-electron chi connectivity index (χ2n) is 8.09. The highest BCUT2D eigenvalue weighted by molar-refractivity contribution is 5.98. The van der Waals surface area contributed by atoms with Gasteiger partial charge in [0.15, 0.2) is 18.4 Å². The highest BCUT2D eigenvalue weighted by Gasteiger charge is 2.31. The summed E-state index contributed by atoms with van der Waals surface area (Å²) >= 11 is 0. The zero-order valence-corrected chi connectivity index (χ0v) is 18.9. The van der Waals surface area contributed by atoms with Gasteiger partial charge in [0.05, 0.1) is 0 Å². The first-order chi connectivity index (χ1) is 16.4. The lowest BCUT2D eigenvalue weighted by Crippen LogP contribution is -2.47. The third kappa shape index (κ3) is 7.70. The second-order valence-corrected chi connectivity index (χ2v) is 8.09. The summed E-state index contributed by atoms with van der Waals surface area (Å²) in [6.45, 7) is 1.72. The molecular weight excluding hydrogens is 440 g/mol. The quantitative estimate of drug-likeness (QED) is 0.310. The Labute approximate surface area is 197 Å². The van der Waals surface area contributed by atoms with Crippen molar-refractivity contribution in [3.8, 4) is 0 Å². The zero-order chi connectivity index (χ0) is 24.3. The molecule has 0 radical (unpaired) electrons. The van der Waals surface area contributed by atoms with Crippen molar-refractivity contribution in [2.24, 2.45) is 5.92 Å². The second kappa shape index (κ2) is 12.5. The fourth-order valence-electron chi connectivity index (χ4n) is 3.38. The topological polar surface area (TPSA) is 120 Å². The Balaban J connectivity index is 1.56. The molecule has 3 rings (SSSR count). The van der Waals surface area contributed by atoms with Gasteiger partial charge in [-0.05, 0) is 24.4 Å². The lowest BCUT2D eigenvalue weighted by Gasteiger charge is -2.19. The number of Topliss-reactive ketones (excluding diaryl/α,β-unsaturated/α-hetero) is 1. The van der Waals surface area contributed by atoms with E-state index in [0.717, 1.165) is 5.56 Å². The molecule has 0 unspecified atom stereocenters. The van der Waals surface area contributed by atoms with Crippen molar-refractivity contribution in [2.75, 3.05) is 19.8 Å². The van der Waals surface area contributed by atoms with Crippen molar-refractivity contribution in [1.82, 2.24) is 10.6 Å². The van der Waals surface area contributed by atoms with Gasteiger partial charge in [-0.15, -0.1) is 0 Å². The number of hydrogen-bond acceptors (Lipinski definition) is 8. The van der Waals surface area contributed by atoms with E-state index in [9.17, 15) is 19.2 Å². The summed E-state index contributed by atoms with van der Waals surface area (Å²) in [7, 11) is 0. The smallest absolute Gasteiger partial charge is 0.408 e. The maximum atomic E-state index is 12.6. The number of benzene rings is 2. The third-order valence-corrected chi connectivity index (χ3v) is 5.26. The Morgan fingerprint density at radius 3 is 2.29 bits per heavy atom. The van der Waals surface area contributed by atoms with Crippen LogP contribution >= 0.6 is 0 Å². The van der Waals surface area contributed by atoms with Crippen LogP contribution in [0.1, 0.15) is 29.3 Å². The largest absolute Gasteiger partial charge is 0.462 e. The Morgan fingerprint density at radius 1 is 0.971 bits per heavy atom. The fraction of sp³-hybridized carbons (Fsp3) is 0.360. The Morgan fingerprint density at radius 2 is 1.65 bits per heavy atom. The van der Waals surface area contributed by atoms with Gasteiger partial charge in [-0.3, -0.25) is 9.59 Å². The first-order valence-corrected chi connectivity index (χ1v) is 11.0. The molecule has 2 aromatic carbocycles. The van der Waals surface area contributed by atoms with Gasteiger partial charge in [0.2, 0.25) is 0 Å². The van der Waals surface area contributed by atoms with E-state index in [1.807, 2.05) is 13.0 Å². The number of carbonyl (C=O) groups is 4. The van der Waals surface area contributed by atoms with Crippen LogP contribution in [0.15, 0.2) is 60.7 Å². The molecule has 9 nitrogen and oxygen atoms in total. The molecule has 2 N–H and O–H groups in total. The highest BCUT2D eigenvalue weighted by Crippen LogP contribution is 2.14. The van der Waals surface area contributed by atoms with Crippen LogP contribution in [-0.4, -0.2) is 55.7 Å². The van der Waals surface area contributed by atoms with E-state index < -0.39 is 49.1 Å². The van der Waals surface area contributed by atoms with E-state index in [0.29, 0.717) is 24.4 Å². The monoisotopic (exact) mass is 468 g/mol. The Hall–Kier alpha value is -3.72. The number of carbonyl (C=O) groups excluding carboxylic acids is 4. The summed E-state index contributed by atoms with van der Waals surface area (Å²) in [5.41, 5.74) is 1.15. The average molecular weight is 469 g/mol. The number of amides is 1. The van der Waals surface area contributed by atoms with Crippen LogP contribution in [0.2, 0.25) is 0 Å². The van der Waals surface area contributed by atoms with Crippen LogP contribution in [0.5, 0.6) is 0 Å². The van der Waals surface area contributed by atoms with Crippen molar-refractivity contribution in [3.05, 3.63) is 71.8 Å². The van der Waals surface area contributed by atoms with Gasteiger partial charge in [0.25, 0.3) is 0 Å². The van der Waals surface area contributed by atoms with Crippen molar-refractivity contribution < 1.29 is 33.4 Å². The minimum absolute atomic E-state index is 0.00932. The third-order valence-electron chi connectivity index (χ3n) is 5.26. The standard InChI is InChI=1S/C25H28N2O7/c1-17-12-20(26-13-17)23(29)32-15-21(27-25(31)34-14-18-8-4-2-5-9-18)24(30)33-16-22(28)19-10-6-3-7-11-19/h2-11,17,20-21,26H,12-16H2,1H3,(H,27,31)/t17-,20-,21+/m1/s1. The van der Waals surface area contributed by atoms with E-state index in [1.54, 1.807) is 54.6 Å². The molecule has 0 saturated carbocycles. The van der Waals surface area contributed by atoms with Gasteiger partial charge in [-0.1, -0.05) is 67.6 Å². The summed E-state index contributed by atoms with van der Waals surface area (Å²) in [6, 6.07) is 15.5. The number of hydrogen-bond donors (Lipinski definition) is 2. The van der Waals surface area contributed by atoms with E-state index in [2.05, 4.69) is 10.6 Å². The number of esters is 2. The molecule has 1 fully saturated rings. The number of alkyl carbamates (subject to hydrolysis) is 1. The molecule has 1 aliphatic heterocycles. The summed E-state index contributed by atoms with van der Waals surface area (Å²) in [4.78, 5) is 49.5. The molecule has 180 valence electrons. The molecule has 1 aliphatic rings. The summed E-state index contributed by atoms with van der Waals surface area (Å²) in [5.74, 6) is -1.52. The first kappa shape index (κ1) is 24.9. The number of ether oxygens (including phenoxy) is 3. The van der Waals surface area contributed by atoms with Crippen LogP contribution in [0.25, 0.3) is 0 Å². The fourth-order valence-corrected chi connectivity index (χ4v) is 3.38. The molecule has 2 aromatic rings. The van der Waals surface area contributed by atoms with Gasteiger partial charge in [0.1, 0.15) is 19.3 Å². The van der Waals surface area contributed by atoms with Gasteiger partial charge >= 0.3 is 18.0 Å². The summed E-state index contributed by atoms with van der Waals surface area (Å²) < 4.78 is 15.5. The molecule has 1 heterocycles. The molecule has 0 aromatic heterocycles. The minimum atomic E-state index is -1.34. The molecule has 1 amide bonds. The molecule has 0 aliphatic carbocycles. The summed E-state index contributed by atoms with van der Waals surface area (Å²) in [5, 5.41) is 5.41. The van der Waals surface area contributed by atoms with E-state index in [4.69, 9.17) is 14.2 Å². The van der Waals surface area contributed by atoms with Gasteiger partial charge in [0, 0.05) is 5.56 Å². The number of ketones is 1. The Kier molecular flexibility index (Phi) is 9.16.